The maximum Gasteiger partial charge on any atom is 0.261 e. The zero-order chi connectivity index (χ0) is 32.9. The maximum atomic E-state index is 13.8. The third-order valence-electron chi connectivity index (χ3n) is 7.40. The lowest BCUT2D eigenvalue weighted by Crippen LogP contribution is -2.52. The number of nitrogens with zero attached hydrogens (tertiary/aromatic N) is 2. The molecular weight excluding hydrogens is 613 g/mol. The summed E-state index contributed by atoms with van der Waals surface area (Å²) in [5.74, 6) is -0.911. The number of carbonyl (C=O) groups is 2. The van der Waals surface area contributed by atoms with Crippen molar-refractivity contribution in [3.8, 4) is 5.75 Å². The Labute approximate surface area is 270 Å². The number of ether oxygens (including phenoxy) is 3. The van der Waals surface area contributed by atoms with E-state index in [1.807, 2.05) is 44.2 Å². The molecule has 12 heteroatoms. The molecule has 2 amide bonds. The highest BCUT2D eigenvalue weighted by molar-refractivity contribution is 7.89. The predicted molar refractivity (Wildman–Crippen MR) is 171 cm³/mol. The van der Waals surface area contributed by atoms with E-state index in [0.29, 0.717) is 44.1 Å². The molecule has 0 bridgehead atoms. The average molecular weight is 656 g/mol. The van der Waals surface area contributed by atoms with E-state index in [1.165, 1.54) is 45.6 Å². The van der Waals surface area contributed by atoms with Crippen molar-refractivity contribution in [2.75, 3.05) is 46.1 Å². The van der Waals surface area contributed by atoms with Crippen LogP contribution in [0.2, 0.25) is 0 Å². The zero-order valence-electron chi connectivity index (χ0n) is 26.3. The van der Waals surface area contributed by atoms with E-state index in [1.54, 1.807) is 12.1 Å². The molecule has 1 N–H and O–H groups in total. The van der Waals surface area contributed by atoms with Gasteiger partial charge in [-0.05, 0) is 67.8 Å². The summed E-state index contributed by atoms with van der Waals surface area (Å²) in [5.41, 5.74) is 1.50. The quantitative estimate of drug-likeness (QED) is 0.234. The summed E-state index contributed by atoms with van der Waals surface area (Å²) in [6.45, 7) is 5.61. The Kier molecular flexibility index (Phi) is 13.1. The minimum Gasteiger partial charge on any atom is -0.484 e. The van der Waals surface area contributed by atoms with E-state index in [0.717, 1.165) is 5.56 Å². The van der Waals surface area contributed by atoms with E-state index < -0.39 is 34.4 Å². The molecular formula is C34H42FN3O7S. The fraction of sp³-hybridized carbons (Fsp3) is 0.412. The largest absolute Gasteiger partial charge is 0.484 e. The molecule has 1 fully saturated rings. The van der Waals surface area contributed by atoms with Crippen LogP contribution in [0.15, 0.2) is 83.8 Å². The summed E-state index contributed by atoms with van der Waals surface area (Å²) in [7, 11) is -3.68. The monoisotopic (exact) mass is 655 g/mol. The number of halogens is 1. The molecule has 1 aliphatic rings. The fourth-order valence-electron chi connectivity index (χ4n) is 4.93. The number of nitrogens with one attached hydrogen (secondary N) is 1. The third kappa shape index (κ3) is 10.3. The van der Waals surface area contributed by atoms with Crippen LogP contribution in [0.25, 0.3) is 0 Å². The van der Waals surface area contributed by atoms with E-state index in [2.05, 4.69) is 5.32 Å². The third-order valence-corrected chi connectivity index (χ3v) is 9.32. The van der Waals surface area contributed by atoms with Crippen LogP contribution in [-0.4, -0.2) is 87.6 Å². The van der Waals surface area contributed by atoms with Crippen molar-refractivity contribution >= 4 is 21.8 Å². The zero-order valence-corrected chi connectivity index (χ0v) is 27.1. The highest BCUT2D eigenvalue weighted by atomic mass is 32.2. The van der Waals surface area contributed by atoms with E-state index in [4.69, 9.17) is 14.2 Å². The molecule has 1 atom stereocenters. The summed E-state index contributed by atoms with van der Waals surface area (Å²) in [6.07, 6.45) is 0.931. The molecule has 0 aliphatic carbocycles. The second-order valence-corrected chi connectivity index (χ2v) is 13.1. The summed E-state index contributed by atoms with van der Waals surface area (Å²) in [4.78, 5) is 29.0. The van der Waals surface area contributed by atoms with Gasteiger partial charge in [0.15, 0.2) is 6.61 Å². The van der Waals surface area contributed by atoms with E-state index in [-0.39, 0.29) is 43.0 Å². The first kappa shape index (κ1) is 35.0. The summed E-state index contributed by atoms with van der Waals surface area (Å²) >= 11 is 0. The number of amides is 2. The van der Waals surface area contributed by atoms with Crippen LogP contribution in [0.1, 0.15) is 31.4 Å². The standard InChI is InChI=1S/C34H42FN3O7S/c1-26(2)44-20-6-17-36-34(40)32(23-27-7-4-3-5-8-27)38(24-28-9-11-29(35)12-10-28)33(39)25-45-30-13-15-31(16-14-30)46(41,42)37-18-21-43-22-19-37/h3-5,7-16,26,32H,6,17-25H2,1-2H3,(H,36,40). The molecule has 3 aromatic carbocycles. The van der Waals surface area contributed by atoms with Crippen LogP contribution in [-0.2, 0) is 42.1 Å². The molecule has 248 valence electrons. The summed E-state index contributed by atoms with van der Waals surface area (Å²) < 4.78 is 57.7. The Hall–Kier alpha value is -3.84. The van der Waals surface area contributed by atoms with Crippen LogP contribution in [0.4, 0.5) is 4.39 Å². The van der Waals surface area contributed by atoms with Crippen molar-refractivity contribution in [1.29, 1.82) is 0 Å². The SMILES string of the molecule is CC(C)OCCCNC(=O)C(Cc1ccccc1)N(Cc1ccc(F)cc1)C(=O)COc1ccc(S(=O)(=O)N2CCOCC2)cc1. The Morgan fingerprint density at radius 1 is 0.957 bits per heavy atom. The van der Waals surface area contributed by atoms with E-state index in [9.17, 15) is 22.4 Å². The van der Waals surface area contributed by atoms with Gasteiger partial charge in [-0.25, -0.2) is 12.8 Å². The van der Waals surface area contributed by atoms with Gasteiger partial charge in [0.05, 0.1) is 24.2 Å². The van der Waals surface area contributed by atoms with Crippen LogP contribution in [0.3, 0.4) is 0 Å². The molecule has 0 aromatic heterocycles. The van der Waals surface area contributed by atoms with Gasteiger partial charge in [0.25, 0.3) is 5.91 Å². The minimum absolute atomic E-state index is 0.0422. The Bertz CT molecular complexity index is 1500. The second kappa shape index (κ2) is 17.2. The Balaban J connectivity index is 1.51. The molecule has 1 heterocycles. The highest BCUT2D eigenvalue weighted by Crippen LogP contribution is 2.21. The van der Waals surface area contributed by atoms with E-state index >= 15 is 0 Å². The average Bonchev–Trinajstić information content (AvgIpc) is 3.06. The van der Waals surface area contributed by atoms with Gasteiger partial charge >= 0.3 is 0 Å². The van der Waals surface area contributed by atoms with Gasteiger partial charge in [-0.3, -0.25) is 9.59 Å². The number of benzene rings is 3. The van der Waals surface area contributed by atoms with Gasteiger partial charge in [-0.15, -0.1) is 0 Å². The number of sulfonamides is 1. The van der Waals surface area contributed by atoms with Crippen LogP contribution in [0, 0.1) is 5.82 Å². The van der Waals surface area contributed by atoms with Gasteiger partial charge in [-0.1, -0.05) is 42.5 Å². The number of rotatable bonds is 16. The molecule has 1 aliphatic heterocycles. The van der Waals surface area contributed by atoms with Crippen LogP contribution in [0.5, 0.6) is 5.75 Å². The van der Waals surface area contributed by atoms with Crippen molar-refractivity contribution in [2.45, 2.75) is 50.3 Å². The second-order valence-electron chi connectivity index (χ2n) is 11.2. The number of carbonyl (C=O) groups excluding carboxylic acids is 2. The molecule has 10 nitrogen and oxygen atoms in total. The first-order valence-electron chi connectivity index (χ1n) is 15.4. The number of morpholine rings is 1. The Morgan fingerprint density at radius 2 is 1.63 bits per heavy atom. The van der Waals surface area contributed by atoms with Crippen molar-refractivity contribution in [2.24, 2.45) is 0 Å². The molecule has 3 aromatic rings. The van der Waals surface area contributed by atoms with Gasteiger partial charge in [-0.2, -0.15) is 4.31 Å². The van der Waals surface area contributed by atoms with Crippen molar-refractivity contribution in [3.63, 3.8) is 0 Å². The first-order valence-corrected chi connectivity index (χ1v) is 16.9. The number of hydrogen-bond donors (Lipinski definition) is 1. The van der Waals surface area contributed by atoms with Crippen molar-refractivity contribution < 1.29 is 36.6 Å². The minimum atomic E-state index is -3.68. The lowest BCUT2D eigenvalue weighted by Gasteiger charge is -2.31. The van der Waals surface area contributed by atoms with Crippen LogP contribution >= 0.6 is 0 Å². The molecule has 4 rings (SSSR count). The first-order chi connectivity index (χ1) is 22.1. The molecule has 0 radical (unpaired) electrons. The van der Waals surface area contributed by atoms with Crippen molar-refractivity contribution in [1.82, 2.24) is 14.5 Å². The molecule has 1 saturated heterocycles. The van der Waals surface area contributed by atoms with Crippen molar-refractivity contribution in [3.05, 3.63) is 95.8 Å². The summed E-state index contributed by atoms with van der Waals surface area (Å²) in [5, 5.41) is 2.95. The van der Waals surface area contributed by atoms with Gasteiger partial charge in [0, 0.05) is 39.2 Å². The molecule has 0 spiro atoms. The molecule has 46 heavy (non-hydrogen) atoms. The fourth-order valence-corrected chi connectivity index (χ4v) is 6.34. The lowest BCUT2D eigenvalue weighted by molar-refractivity contribution is -0.142. The highest BCUT2D eigenvalue weighted by Gasteiger charge is 2.31. The molecule has 1 unspecified atom stereocenters. The predicted octanol–water partition coefficient (Wildman–Crippen LogP) is 3.80. The molecule has 0 saturated carbocycles. The smallest absolute Gasteiger partial charge is 0.261 e. The summed E-state index contributed by atoms with van der Waals surface area (Å²) in [6, 6.07) is 20.1. The topological polar surface area (TPSA) is 114 Å². The number of hydrogen-bond acceptors (Lipinski definition) is 7. The maximum absolute atomic E-state index is 13.8. The van der Waals surface area contributed by atoms with Gasteiger partial charge < -0.3 is 24.4 Å². The van der Waals surface area contributed by atoms with Gasteiger partial charge in [0.2, 0.25) is 15.9 Å². The van der Waals surface area contributed by atoms with Gasteiger partial charge in [0.1, 0.15) is 17.6 Å². The lowest BCUT2D eigenvalue weighted by atomic mass is 10.0. The normalized spacial score (nSPS) is 14.5. The Morgan fingerprint density at radius 3 is 2.28 bits per heavy atom. The van der Waals surface area contributed by atoms with Crippen LogP contribution < -0.4 is 10.1 Å².